The molecule has 3 heteroatoms. The normalized spacial score (nSPS) is 10.7. The Morgan fingerprint density at radius 2 is 2.00 bits per heavy atom. The summed E-state index contributed by atoms with van der Waals surface area (Å²) in [6.07, 6.45) is 2.23. The Bertz CT molecular complexity index is 548. The number of aliphatic hydroxyl groups is 1. The number of benzene rings is 1. The number of carbonyl (C=O) groups is 1. The van der Waals surface area contributed by atoms with E-state index >= 15 is 0 Å². The molecule has 0 aliphatic carbocycles. The summed E-state index contributed by atoms with van der Waals surface area (Å²) in [6.45, 7) is 8.18. The molecule has 2 N–H and O–H groups in total. The van der Waals surface area contributed by atoms with E-state index < -0.39 is 0 Å². The lowest BCUT2D eigenvalue weighted by Crippen LogP contribution is -2.45. The average molecular weight is 287 g/mol. The molecule has 0 heterocycles. The summed E-state index contributed by atoms with van der Waals surface area (Å²) in [6, 6.07) is 5.57. The van der Waals surface area contributed by atoms with Crippen molar-refractivity contribution in [1.82, 2.24) is 5.32 Å². The number of aliphatic hydroxyl groups excluding tert-OH is 1. The van der Waals surface area contributed by atoms with Crippen molar-refractivity contribution in [2.45, 2.75) is 52.5 Å². The van der Waals surface area contributed by atoms with Crippen molar-refractivity contribution in [1.29, 1.82) is 0 Å². The summed E-state index contributed by atoms with van der Waals surface area (Å²) in [5.41, 5.74) is 2.21. The summed E-state index contributed by atoms with van der Waals surface area (Å²) >= 11 is 0. The van der Waals surface area contributed by atoms with E-state index in [2.05, 4.69) is 37.9 Å². The van der Waals surface area contributed by atoms with Crippen LogP contribution in [0.15, 0.2) is 18.2 Å². The van der Waals surface area contributed by atoms with Crippen molar-refractivity contribution < 1.29 is 9.90 Å². The van der Waals surface area contributed by atoms with Gasteiger partial charge in [0.1, 0.15) is 0 Å². The molecule has 1 aromatic rings. The van der Waals surface area contributed by atoms with Crippen molar-refractivity contribution >= 4 is 5.91 Å². The fourth-order valence-electron chi connectivity index (χ4n) is 2.00. The molecular formula is C18H25NO2. The van der Waals surface area contributed by atoms with Gasteiger partial charge in [0.15, 0.2) is 0 Å². The fourth-order valence-corrected chi connectivity index (χ4v) is 2.00. The Labute approximate surface area is 127 Å². The van der Waals surface area contributed by atoms with E-state index in [1.807, 2.05) is 25.1 Å². The monoisotopic (exact) mass is 287 g/mol. The first-order chi connectivity index (χ1) is 9.97. The van der Waals surface area contributed by atoms with Crippen LogP contribution in [0.1, 0.15) is 61.5 Å². The van der Waals surface area contributed by atoms with Crippen LogP contribution < -0.4 is 5.32 Å². The molecule has 1 amide bonds. The summed E-state index contributed by atoms with van der Waals surface area (Å²) < 4.78 is 0. The van der Waals surface area contributed by atoms with E-state index in [1.54, 1.807) is 0 Å². The van der Waals surface area contributed by atoms with Gasteiger partial charge in [-0.25, -0.2) is 0 Å². The van der Waals surface area contributed by atoms with Crippen molar-refractivity contribution in [3.05, 3.63) is 34.9 Å². The van der Waals surface area contributed by atoms with Gasteiger partial charge in [-0.15, -0.1) is 0 Å². The maximum Gasteiger partial charge on any atom is 0.252 e. The first kappa shape index (κ1) is 17.3. The lowest BCUT2D eigenvalue weighted by Gasteiger charge is -2.28. The van der Waals surface area contributed by atoms with Gasteiger partial charge in [0.2, 0.25) is 0 Å². The lowest BCUT2D eigenvalue weighted by atomic mass is 9.94. The van der Waals surface area contributed by atoms with Crippen molar-refractivity contribution in [2.24, 2.45) is 0 Å². The van der Waals surface area contributed by atoms with E-state index in [-0.39, 0.29) is 18.1 Å². The van der Waals surface area contributed by atoms with Crippen molar-refractivity contribution in [3.63, 3.8) is 0 Å². The summed E-state index contributed by atoms with van der Waals surface area (Å²) in [5.74, 6) is 5.86. The maximum absolute atomic E-state index is 12.5. The van der Waals surface area contributed by atoms with Gasteiger partial charge in [-0.3, -0.25) is 4.79 Å². The van der Waals surface area contributed by atoms with Crippen LogP contribution in [0.3, 0.4) is 0 Å². The predicted octanol–water partition coefficient (Wildman–Crippen LogP) is 3.04. The number of hydrogen-bond acceptors (Lipinski definition) is 2. The number of carbonyl (C=O) groups excluding carboxylic acids is 1. The minimum atomic E-state index is -0.178. The second-order valence-corrected chi connectivity index (χ2v) is 5.48. The fraction of sp³-hybridized carbons (Fsp3) is 0.500. The highest BCUT2D eigenvalue weighted by Crippen LogP contribution is 2.18. The molecule has 21 heavy (non-hydrogen) atoms. The number of rotatable bonds is 5. The lowest BCUT2D eigenvalue weighted by molar-refractivity contribution is 0.0900. The highest BCUT2D eigenvalue weighted by Gasteiger charge is 2.23. The van der Waals surface area contributed by atoms with Gasteiger partial charge < -0.3 is 10.4 Å². The molecule has 1 rings (SSSR count). The van der Waals surface area contributed by atoms with Crippen molar-refractivity contribution in [3.8, 4) is 11.8 Å². The van der Waals surface area contributed by atoms with Gasteiger partial charge in [-0.05, 0) is 44.4 Å². The topological polar surface area (TPSA) is 49.3 Å². The van der Waals surface area contributed by atoms with Gasteiger partial charge in [0.05, 0.1) is 6.61 Å². The third kappa shape index (κ3) is 4.61. The van der Waals surface area contributed by atoms with E-state index in [9.17, 15) is 4.79 Å². The van der Waals surface area contributed by atoms with Gasteiger partial charge in [0.25, 0.3) is 5.91 Å². The van der Waals surface area contributed by atoms with Crippen LogP contribution in [-0.2, 0) is 0 Å². The molecular weight excluding hydrogens is 262 g/mol. The summed E-state index contributed by atoms with van der Waals surface area (Å²) in [4.78, 5) is 12.5. The zero-order valence-corrected chi connectivity index (χ0v) is 13.4. The van der Waals surface area contributed by atoms with Crippen LogP contribution in [0.5, 0.6) is 0 Å². The smallest absolute Gasteiger partial charge is 0.252 e. The minimum absolute atomic E-state index is 0.0514. The molecule has 1 aromatic carbocycles. The summed E-state index contributed by atoms with van der Waals surface area (Å²) in [5, 5.41) is 11.9. The Kier molecular flexibility index (Phi) is 6.45. The van der Waals surface area contributed by atoms with E-state index in [4.69, 9.17) is 5.11 Å². The van der Waals surface area contributed by atoms with Crippen LogP contribution in [0, 0.1) is 18.8 Å². The molecule has 0 aliphatic heterocycles. The largest absolute Gasteiger partial charge is 0.395 e. The maximum atomic E-state index is 12.5. The molecule has 0 aromatic heterocycles. The first-order valence-electron chi connectivity index (χ1n) is 7.49. The number of hydrogen-bond donors (Lipinski definition) is 2. The molecule has 0 radical (unpaired) electrons. The van der Waals surface area contributed by atoms with Gasteiger partial charge >= 0.3 is 0 Å². The molecule has 0 saturated carbocycles. The van der Waals surface area contributed by atoms with Crippen LogP contribution in [0.25, 0.3) is 0 Å². The molecule has 114 valence electrons. The third-order valence-electron chi connectivity index (χ3n) is 4.01. The molecule has 0 atom stereocenters. The van der Waals surface area contributed by atoms with Gasteiger partial charge in [-0.1, -0.05) is 31.8 Å². The highest BCUT2D eigenvalue weighted by molar-refractivity contribution is 5.96. The Balaban J connectivity index is 3.02. The average Bonchev–Trinajstić information content (AvgIpc) is 2.49. The Morgan fingerprint density at radius 1 is 1.33 bits per heavy atom. The molecule has 0 fully saturated rings. The second-order valence-electron chi connectivity index (χ2n) is 5.48. The molecule has 0 spiro atoms. The standard InChI is InChI=1S/C18H25NO2/c1-5-18(4,6-2)19-17(21)16-12-9-11-15(14(16)3)10-7-8-13-20/h9,11-12,20H,5-6,8,13H2,1-4H3,(H,19,21). The Hall–Kier alpha value is -1.79. The van der Waals surface area contributed by atoms with Crippen LogP contribution in [-0.4, -0.2) is 23.2 Å². The minimum Gasteiger partial charge on any atom is -0.395 e. The van der Waals surface area contributed by atoms with E-state index in [0.717, 1.165) is 24.0 Å². The van der Waals surface area contributed by atoms with E-state index in [0.29, 0.717) is 12.0 Å². The molecule has 0 bridgehead atoms. The molecule has 0 aliphatic rings. The van der Waals surface area contributed by atoms with Crippen LogP contribution in [0.4, 0.5) is 0 Å². The third-order valence-corrected chi connectivity index (χ3v) is 4.01. The molecule has 3 nitrogen and oxygen atoms in total. The second kappa shape index (κ2) is 7.85. The zero-order valence-electron chi connectivity index (χ0n) is 13.4. The van der Waals surface area contributed by atoms with Gasteiger partial charge in [0, 0.05) is 23.1 Å². The molecule has 0 unspecified atom stereocenters. The number of amides is 1. The zero-order chi connectivity index (χ0) is 15.9. The van der Waals surface area contributed by atoms with Crippen LogP contribution >= 0.6 is 0 Å². The van der Waals surface area contributed by atoms with Crippen molar-refractivity contribution in [2.75, 3.05) is 6.61 Å². The predicted molar refractivity (Wildman–Crippen MR) is 86.2 cm³/mol. The van der Waals surface area contributed by atoms with E-state index in [1.165, 1.54) is 0 Å². The summed E-state index contributed by atoms with van der Waals surface area (Å²) in [7, 11) is 0. The Morgan fingerprint density at radius 3 is 2.57 bits per heavy atom. The SMILES string of the molecule is CCC(C)(CC)NC(=O)c1cccc(C#CCCO)c1C. The highest BCUT2D eigenvalue weighted by atomic mass is 16.2. The number of nitrogens with one attached hydrogen (secondary N) is 1. The van der Waals surface area contributed by atoms with Crippen LogP contribution in [0.2, 0.25) is 0 Å². The first-order valence-corrected chi connectivity index (χ1v) is 7.49. The molecule has 0 saturated heterocycles. The quantitative estimate of drug-likeness (QED) is 0.818. The van der Waals surface area contributed by atoms with Gasteiger partial charge in [-0.2, -0.15) is 0 Å².